The zero-order valence-electron chi connectivity index (χ0n) is 13.3. The van der Waals surface area contributed by atoms with E-state index in [0.29, 0.717) is 11.8 Å². The summed E-state index contributed by atoms with van der Waals surface area (Å²) in [5, 5.41) is 3.38. The highest BCUT2D eigenvalue weighted by molar-refractivity contribution is 7.09. The molecule has 0 spiro atoms. The second kappa shape index (κ2) is 5.69. The predicted octanol–water partition coefficient (Wildman–Crippen LogP) is 2.49. The van der Waals surface area contributed by atoms with Crippen LogP contribution in [-0.2, 0) is 16.8 Å². The van der Waals surface area contributed by atoms with Crippen LogP contribution in [0.5, 0.6) is 0 Å². The maximum atomic E-state index is 12.0. The van der Waals surface area contributed by atoms with Gasteiger partial charge in [-0.15, -0.1) is 11.3 Å². The molecule has 1 saturated carbocycles. The lowest BCUT2D eigenvalue weighted by Crippen LogP contribution is -2.48. The van der Waals surface area contributed by atoms with Crippen LogP contribution in [0.15, 0.2) is 5.38 Å². The highest BCUT2D eigenvalue weighted by atomic mass is 32.1. The molecule has 0 unspecified atom stereocenters. The monoisotopic (exact) mass is 307 g/mol. The summed E-state index contributed by atoms with van der Waals surface area (Å²) in [5.74, 6) is 0.740. The summed E-state index contributed by atoms with van der Waals surface area (Å²) in [7, 11) is 0. The van der Waals surface area contributed by atoms with Gasteiger partial charge in [0.05, 0.1) is 12.2 Å². The highest BCUT2D eigenvalue weighted by Gasteiger charge is 2.34. The van der Waals surface area contributed by atoms with E-state index >= 15 is 0 Å². The van der Waals surface area contributed by atoms with Crippen molar-refractivity contribution >= 4 is 17.2 Å². The largest absolute Gasteiger partial charge is 0.340 e. The summed E-state index contributed by atoms with van der Waals surface area (Å²) in [6.07, 6.45) is 2.21. The van der Waals surface area contributed by atoms with Gasteiger partial charge in [-0.3, -0.25) is 9.69 Å². The third-order valence-electron chi connectivity index (χ3n) is 4.29. The number of nitrogens with zero attached hydrogens (tertiary/aromatic N) is 3. The average molecular weight is 307 g/mol. The van der Waals surface area contributed by atoms with E-state index in [1.807, 2.05) is 0 Å². The first-order chi connectivity index (χ1) is 9.93. The normalized spacial score (nSPS) is 20.8. The lowest BCUT2D eigenvalue weighted by atomic mass is 9.93. The lowest BCUT2D eigenvalue weighted by molar-refractivity contribution is -0.134. The van der Waals surface area contributed by atoms with Crippen molar-refractivity contribution in [3.05, 3.63) is 16.1 Å². The van der Waals surface area contributed by atoms with Gasteiger partial charge in [0.15, 0.2) is 0 Å². The number of carbonyl (C=O) groups is 1. The Bertz CT molecular complexity index is 508. The molecule has 116 valence electrons. The smallest absolute Gasteiger partial charge is 0.225 e. The van der Waals surface area contributed by atoms with Crippen molar-refractivity contribution in [1.82, 2.24) is 14.8 Å². The van der Waals surface area contributed by atoms with Gasteiger partial charge in [-0.25, -0.2) is 4.98 Å². The molecule has 21 heavy (non-hydrogen) atoms. The Labute approximate surface area is 131 Å². The molecule has 0 bridgehead atoms. The first kappa shape index (κ1) is 15.0. The molecule has 2 aliphatic rings. The molecule has 1 aliphatic carbocycles. The van der Waals surface area contributed by atoms with Crippen LogP contribution < -0.4 is 0 Å². The van der Waals surface area contributed by atoms with Crippen LogP contribution in [0.1, 0.15) is 44.3 Å². The van der Waals surface area contributed by atoms with Crippen LogP contribution >= 0.6 is 11.3 Å². The van der Waals surface area contributed by atoms with E-state index in [2.05, 4.69) is 36.0 Å². The fourth-order valence-electron chi connectivity index (χ4n) is 2.63. The molecular weight excluding hydrogens is 282 g/mol. The standard InChI is InChI=1S/C16H25N3OS/c1-16(2,3)13-11-21-14(17-13)10-18-6-8-19(9-7-18)15(20)12-4-5-12/h11-12H,4-10H2,1-3H3. The maximum absolute atomic E-state index is 12.0. The van der Waals surface area contributed by atoms with Gasteiger partial charge in [-0.1, -0.05) is 20.8 Å². The molecular formula is C16H25N3OS. The number of carbonyl (C=O) groups excluding carboxylic acids is 1. The van der Waals surface area contributed by atoms with Gasteiger partial charge in [-0.05, 0) is 12.8 Å². The fraction of sp³-hybridized carbons (Fsp3) is 0.750. The molecule has 0 atom stereocenters. The van der Waals surface area contributed by atoms with Gasteiger partial charge < -0.3 is 4.90 Å². The third-order valence-corrected chi connectivity index (χ3v) is 5.12. The SMILES string of the molecule is CC(C)(C)c1csc(CN2CCN(C(=O)C3CC3)CC2)n1. The van der Waals surface area contributed by atoms with Crippen LogP contribution in [0.3, 0.4) is 0 Å². The van der Waals surface area contributed by atoms with Crippen LogP contribution in [0.25, 0.3) is 0 Å². The van der Waals surface area contributed by atoms with Crippen LogP contribution in [0.2, 0.25) is 0 Å². The second-order valence-electron chi connectivity index (χ2n) is 7.25. The van der Waals surface area contributed by atoms with Crippen molar-refractivity contribution in [3.63, 3.8) is 0 Å². The first-order valence-electron chi connectivity index (χ1n) is 7.89. The number of hydrogen-bond donors (Lipinski definition) is 0. The minimum Gasteiger partial charge on any atom is -0.340 e. The van der Waals surface area contributed by atoms with Crippen molar-refractivity contribution in [2.24, 2.45) is 5.92 Å². The number of amides is 1. The Morgan fingerprint density at radius 3 is 2.48 bits per heavy atom. The number of rotatable bonds is 3. The number of aromatic nitrogens is 1. The van der Waals surface area contributed by atoms with E-state index < -0.39 is 0 Å². The van der Waals surface area contributed by atoms with Gasteiger partial charge in [0, 0.05) is 42.9 Å². The van der Waals surface area contributed by atoms with Crippen molar-refractivity contribution in [1.29, 1.82) is 0 Å². The van der Waals surface area contributed by atoms with Crippen molar-refractivity contribution in [2.75, 3.05) is 26.2 Å². The maximum Gasteiger partial charge on any atom is 0.225 e. The zero-order valence-corrected chi connectivity index (χ0v) is 14.1. The van der Waals surface area contributed by atoms with Crippen molar-refractivity contribution in [3.8, 4) is 0 Å². The molecule has 1 amide bonds. The van der Waals surface area contributed by atoms with Gasteiger partial charge in [0.25, 0.3) is 0 Å². The van der Waals surface area contributed by atoms with Gasteiger partial charge in [0.1, 0.15) is 5.01 Å². The van der Waals surface area contributed by atoms with Gasteiger partial charge in [0.2, 0.25) is 5.91 Å². The Hall–Kier alpha value is -0.940. The molecule has 0 N–H and O–H groups in total. The van der Waals surface area contributed by atoms with Crippen molar-refractivity contribution < 1.29 is 4.79 Å². The van der Waals surface area contributed by atoms with Crippen LogP contribution in [-0.4, -0.2) is 46.9 Å². The Kier molecular flexibility index (Phi) is 4.06. The topological polar surface area (TPSA) is 36.4 Å². The van der Waals surface area contributed by atoms with E-state index in [4.69, 9.17) is 4.98 Å². The molecule has 0 radical (unpaired) electrons. The summed E-state index contributed by atoms with van der Waals surface area (Å²) < 4.78 is 0. The quantitative estimate of drug-likeness (QED) is 0.861. The van der Waals surface area contributed by atoms with E-state index in [1.165, 1.54) is 10.7 Å². The molecule has 4 nitrogen and oxygen atoms in total. The molecule has 1 aromatic rings. The molecule has 1 saturated heterocycles. The second-order valence-corrected chi connectivity index (χ2v) is 8.19. The van der Waals surface area contributed by atoms with E-state index in [1.54, 1.807) is 11.3 Å². The summed E-state index contributed by atoms with van der Waals surface area (Å²) in [4.78, 5) is 21.3. The minimum absolute atomic E-state index is 0.129. The van der Waals surface area contributed by atoms with Crippen LogP contribution in [0, 0.1) is 5.92 Å². The molecule has 3 rings (SSSR count). The summed E-state index contributed by atoms with van der Waals surface area (Å²) in [6.45, 7) is 11.2. The average Bonchev–Trinajstić information content (AvgIpc) is 3.17. The van der Waals surface area contributed by atoms with E-state index in [-0.39, 0.29) is 5.41 Å². The molecule has 1 aromatic heterocycles. The zero-order chi connectivity index (χ0) is 15.0. The summed E-state index contributed by atoms with van der Waals surface area (Å²) in [5.41, 5.74) is 1.31. The van der Waals surface area contributed by atoms with Crippen molar-refractivity contribution in [2.45, 2.75) is 45.6 Å². The Balaban J connectivity index is 1.51. The molecule has 0 aromatic carbocycles. The highest BCUT2D eigenvalue weighted by Crippen LogP contribution is 2.31. The molecule has 5 heteroatoms. The minimum atomic E-state index is 0.129. The van der Waals surface area contributed by atoms with Gasteiger partial charge in [-0.2, -0.15) is 0 Å². The lowest BCUT2D eigenvalue weighted by Gasteiger charge is -2.34. The molecule has 2 heterocycles. The first-order valence-corrected chi connectivity index (χ1v) is 8.77. The summed E-state index contributed by atoms with van der Waals surface area (Å²) in [6, 6.07) is 0. The predicted molar refractivity (Wildman–Crippen MR) is 85.4 cm³/mol. The third kappa shape index (κ3) is 3.64. The molecule has 1 aliphatic heterocycles. The van der Waals surface area contributed by atoms with E-state index in [9.17, 15) is 4.79 Å². The Morgan fingerprint density at radius 2 is 1.95 bits per heavy atom. The van der Waals surface area contributed by atoms with E-state index in [0.717, 1.165) is 45.6 Å². The number of hydrogen-bond acceptors (Lipinski definition) is 4. The Morgan fingerprint density at radius 1 is 1.29 bits per heavy atom. The summed E-state index contributed by atoms with van der Waals surface area (Å²) >= 11 is 1.76. The number of piperazine rings is 1. The van der Waals surface area contributed by atoms with Crippen LogP contribution in [0.4, 0.5) is 0 Å². The molecule has 2 fully saturated rings. The van der Waals surface area contributed by atoms with Gasteiger partial charge >= 0.3 is 0 Å². The fourth-order valence-corrected chi connectivity index (χ4v) is 3.70. The number of thiazole rings is 1.